The molecule has 6 nitrogen and oxygen atoms in total. The molecule has 2 unspecified atom stereocenters. The van der Waals surface area contributed by atoms with Crippen molar-refractivity contribution in [3.63, 3.8) is 0 Å². The number of allylic oxidation sites excluding steroid dienone is 10. The highest BCUT2D eigenvalue weighted by Crippen LogP contribution is 2.72. The zero-order valence-corrected chi connectivity index (χ0v) is 26.2. The van der Waals surface area contributed by atoms with Crippen molar-refractivity contribution in [2.75, 3.05) is 0 Å². The van der Waals surface area contributed by atoms with Gasteiger partial charge in [-0.3, -0.25) is 9.59 Å². The summed E-state index contributed by atoms with van der Waals surface area (Å²) in [6, 6.07) is 0. The van der Waals surface area contributed by atoms with Gasteiger partial charge in [-0.2, -0.15) is 0 Å². The number of rotatable bonds is 2. The molecule has 0 spiro atoms. The van der Waals surface area contributed by atoms with E-state index in [1.54, 1.807) is 11.3 Å². The van der Waals surface area contributed by atoms with Gasteiger partial charge in [-0.1, -0.05) is 65.8 Å². The molecule has 2 heterocycles. The average Bonchev–Trinajstić information content (AvgIpc) is 3.30. The van der Waals surface area contributed by atoms with E-state index in [0.717, 1.165) is 55.9 Å². The van der Waals surface area contributed by atoms with Crippen molar-refractivity contribution in [1.29, 1.82) is 0 Å². The lowest BCUT2D eigenvalue weighted by Gasteiger charge is -2.59. The lowest BCUT2D eigenvalue weighted by molar-refractivity contribution is -0.142. The molecule has 212 valence electrons. The zero-order valence-electron chi connectivity index (χ0n) is 25.4. The Bertz CT molecular complexity index is 1650. The van der Waals surface area contributed by atoms with Crippen molar-refractivity contribution in [2.45, 2.75) is 69.2 Å². The fourth-order valence-corrected chi connectivity index (χ4v) is 7.29. The van der Waals surface area contributed by atoms with Gasteiger partial charge in [-0.05, 0) is 47.0 Å². The first-order chi connectivity index (χ1) is 19.0. The van der Waals surface area contributed by atoms with E-state index < -0.39 is 22.8 Å². The van der Waals surface area contributed by atoms with Crippen molar-refractivity contribution < 1.29 is 19.1 Å². The molecule has 7 heteroatoms. The minimum Gasteiger partial charge on any atom is -0.422 e. The van der Waals surface area contributed by atoms with Crippen LogP contribution in [0.3, 0.4) is 0 Å². The van der Waals surface area contributed by atoms with Gasteiger partial charge in [0, 0.05) is 46.6 Å². The summed E-state index contributed by atoms with van der Waals surface area (Å²) < 4.78 is 12.0. The monoisotopic (exact) mass is 568 g/mol. The molecule has 0 bridgehead atoms. The van der Waals surface area contributed by atoms with E-state index >= 15 is 0 Å². The Labute approximate surface area is 245 Å². The zero-order chi connectivity index (χ0) is 29.9. The second-order valence-electron chi connectivity index (χ2n) is 13.8. The number of aromatic nitrogens is 2. The molecule has 2 aromatic heterocycles. The summed E-state index contributed by atoms with van der Waals surface area (Å²) in [5.41, 5.74) is 7.28. The molecule has 0 saturated heterocycles. The van der Waals surface area contributed by atoms with Gasteiger partial charge in [0.25, 0.3) is 0 Å². The van der Waals surface area contributed by atoms with Gasteiger partial charge >= 0.3 is 11.9 Å². The number of carbonyl (C=O) groups excluding carboxylic acids is 2. The van der Waals surface area contributed by atoms with E-state index in [2.05, 4.69) is 79.7 Å². The molecule has 0 radical (unpaired) electrons. The van der Waals surface area contributed by atoms with Crippen LogP contribution in [0.4, 0.5) is 0 Å². The minimum atomic E-state index is -0.706. The third-order valence-electron chi connectivity index (χ3n) is 9.09. The van der Waals surface area contributed by atoms with Crippen molar-refractivity contribution in [2.24, 2.45) is 21.7 Å². The molecule has 0 aromatic carbocycles. The second-order valence-corrected chi connectivity index (χ2v) is 14.5. The number of fused-ring (bicyclic) bond motifs is 4. The van der Waals surface area contributed by atoms with Crippen LogP contribution in [-0.4, -0.2) is 21.9 Å². The van der Waals surface area contributed by atoms with Crippen molar-refractivity contribution in [1.82, 2.24) is 9.97 Å². The van der Waals surface area contributed by atoms with Gasteiger partial charge in [0.2, 0.25) is 0 Å². The standard InChI is InChI=1S/C34H36N2O4S/c1-17(37)39-29-23-13-19(31(3,4)5)11-21-27-28(36-26-16-41-15-25(26)35-27)22-12-20(32(6,7)8)14-24(30(29)40-18(2)38)34(22,10)33(21,23)9/h11-16H,1-10H3. The van der Waals surface area contributed by atoms with Crippen molar-refractivity contribution in [3.05, 3.63) is 80.3 Å². The number of hydrogen-bond acceptors (Lipinski definition) is 7. The Balaban J connectivity index is 1.87. The Hall–Kier alpha value is -3.58. The second kappa shape index (κ2) is 8.48. The summed E-state index contributed by atoms with van der Waals surface area (Å²) in [6.45, 7) is 20.1. The van der Waals surface area contributed by atoms with E-state index in [4.69, 9.17) is 19.4 Å². The predicted octanol–water partition coefficient (Wildman–Crippen LogP) is 8.10. The van der Waals surface area contributed by atoms with Crippen molar-refractivity contribution in [3.8, 4) is 0 Å². The number of nitrogens with zero attached hydrogens (tertiary/aromatic N) is 2. The maximum Gasteiger partial charge on any atom is 0.308 e. The summed E-state index contributed by atoms with van der Waals surface area (Å²) in [4.78, 5) is 35.7. The topological polar surface area (TPSA) is 78.4 Å². The molecule has 0 aliphatic heterocycles. The van der Waals surface area contributed by atoms with E-state index in [0.29, 0.717) is 0 Å². The Kier molecular flexibility index (Phi) is 5.70. The number of carbonyl (C=O) groups is 2. The van der Waals surface area contributed by atoms with Gasteiger partial charge in [0.05, 0.1) is 11.4 Å². The normalized spacial score (nSPS) is 25.1. The van der Waals surface area contributed by atoms with Crippen LogP contribution in [0.25, 0.3) is 22.2 Å². The molecule has 0 N–H and O–H groups in total. The first-order valence-electron chi connectivity index (χ1n) is 14.0. The maximum atomic E-state index is 12.6. The Morgan fingerprint density at radius 2 is 1.05 bits per heavy atom. The highest BCUT2D eigenvalue weighted by molar-refractivity contribution is 7.09. The highest BCUT2D eigenvalue weighted by atomic mass is 32.1. The van der Waals surface area contributed by atoms with Crippen LogP contribution in [0, 0.1) is 21.7 Å². The first-order valence-corrected chi connectivity index (χ1v) is 14.9. The molecule has 0 fully saturated rings. The van der Waals surface area contributed by atoms with Gasteiger partial charge < -0.3 is 9.47 Å². The minimum absolute atomic E-state index is 0.225. The molecular weight excluding hydrogens is 532 g/mol. The van der Waals surface area contributed by atoms with Crippen LogP contribution in [0.5, 0.6) is 0 Å². The van der Waals surface area contributed by atoms with Gasteiger partial charge in [0.15, 0.2) is 11.5 Å². The summed E-state index contributed by atoms with van der Waals surface area (Å²) in [7, 11) is 0. The fourth-order valence-electron chi connectivity index (χ4n) is 6.62. The number of ether oxygens (including phenoxy) is 2. The van der Waals surface area contributed by atoms with E-state index in [1.807, 2.05) is 10.8 Å². The van der Waals surface area contributed by atoms with E-state index in [-0.39, 0.29) is 22.3 Å². The maximum absolute atomic E-state index is 12.6. The summed E-state index contributed by atoms with van der Waals surface area (Å²) in [6.07, 6.45) is 8.74. The third kappa shape index (κ3) is 3.74. The highest BCUT2D eigenvalue weighted by Gasteiger charge is 2.64. The quantitative estimate of drug-likeness (QED) is 0.341. The lowest BCUT2D eigenvalue weighted by atomic mass is 9.43. The molecule has 4 aliphatic rings. The molecular formula is C34H36N2O4S. The lowest BCUT2D eigenvalue weighted by Crippen LogP contribution is -2.51. The van der Waals surface area contributed by atoms with E-state index in [9.17, 15) is 9.59 Å². The van der Waals surface area contributed by atoms with Gasteiger partial charge in [-0.25, -0.2) is 9.97 Å². The molecule has 2 aromatic rings. The number of esters is 2. The van der Waals surface area contributed by atoms with Crippen LogP contribution in [0.15, 0.2) is 68.9 Å². The SMILES string of the molecule is CC(=O)OC1=C2C=C(C(C)(C)C)C=C3c4nc5cscc5nc4C4=CC(C(C)(C)C)=CC(=C1OC(C)=O)C4(C)C32C. The van der Waals surface area contributed by atoms with E-state index in [1.165, 1.54) is 13.8 Å². The summed E-state index contributed by atoms with van der Waals surface area (Å²) >= 11 is 1.59. The largest absolute Gasteiger partial charge is 0.422 e. The van der Waals surface area contributed by atoms with Crippen molar-refractivity contribution >= 4 is 45.5 Å². The smallest absolute Gasteiger partial charge is 0.308 e. The molecule has 2 atom stereocenters. The summed E-state index contributed by atoms with van der Waals surface area (Å²) in [5, 5.41) is 4.06. The third-order valence-corrected chi connectivity index (χ3v) is 9.81. The predicted molar refractivity (Wildman–Crippen MR) is 162 cm³/mol. The molecule has 0 amide bonds. The molecule has 41 heavy (non-hydrogen) atoms. The number of hydrogen-bond donors (Lipinski definition) is 0. The fraction of sp³-hybridized carbons (Fsp3) is 0.412. The number of thiophene rings is 1. The Morgan fingerprint density at radius 1 is 0.683 bits per heavy atom. The van der Waals surface area contributed by atoms with Crippen LogP contribution < -0.4 is 0 Å². The van der Waals surface area contributed by atoms with Crippen LogP contribution >= 0.6 is 11.3 Å². The van der Waals surface area contributed by atoms with Crippen LogP contribution in [-0.2, 0) is 19.1 Å². The van der Waals surface area contributed by atoms with Crippen LogP contribution in [0.1, 0.15) is 80.6 Å². The Morgan fingerprint density at radius 3 is 1.37 bits per heavy atom. The molecule has 0 saturated carbocycles. The average molecular weight is 569 g/mol. The molecule has 6 rings (SSSR count). The summed E-state index contributed by atoms with van der Waals surface area (Å²) in [5.74, 6) is -0.383. The molecule has 4 aliphatic carbocycles. The van der Waals surface area contributed by atoms with Gasteiger partial charge in [0.1, 0.15) is 11.0 Å². The van der Waals surface area contributed by atoms with Crippen LogP contribution in [0.2, 0.25) is 0 Å². The van der Waals surface area contributed by atoms with Gasteiger partial charge in [-0.15, -0.1) is 11.3 Å². The first kappa shape index (κ1) is 27.6.